The van der Waals surface area contributed by atoms with Crippen LogP contribution in [0.4, 0.5) is 0 Å². The minimum atomic E-state index is 0.892. The quantitative estimate of drug-likeness (QED) is 0.759. The maximum absolute atomic E-state index is 5.37. The van der Waals surface area contributed by atoms with Crippen molar-refractivity contribution in [2.75, 3.05) is 12.5 Å². The van der Waals surface area contributed by atoms with Gasteiger partial charge in [0.05, 0.1) is 16.3 Å². The second-order valence-corrected chi connectivity index (χ2v) is 4.57. The summed E-state index contributed by atoms with van der Waals surface area (Å²) in [5.41, 5.74) is 1.09. The summed E-state index contributed by atoms with van der Waals surface area (Å²) in [5.74, 6) is 0.892. The molecule has 0 N–H and O–H groups in total. The topological polar surface area (TPSA) is 26.0 Å². The summed E-state index contributed by atoms with van der Waals surface area (Å²) in [6.07, 6.45) is 5.74. The smallest absolute Gasteiger partial charge is 0.134 e. The lowest BCUT2D eigenvalue weighted by atomic mass is 10.2. The van der Waals surface area contributed by atoms with Gasteiger partial charge in [0, 0.05) is 5.56 Å². The van der Waals surface area contributed by atoms with E-state index in [1.54, 1.807) is 29.8 Å². The maximum Gasteiger partial charge on any atom is 0.134 e. The van der Waals surface area contributed by atoms with Crippen LogP contribution in [0.1, 0.15) is 0 Å². The Kier molecular flexibility index (Phi) is 3.38. The zero-order chi connectivity index (χ0) is 10.7. The van der Waals surface area contributed by atoms with Gasteiger partial charge in [-0.25, -0.2) is 4.98 Å². The molecule has 2 nitrogen and oxygen atoms in total. The third kappa shape index (κ3) is 2.38. The molecular formula is C11H11NOS2. The highest BCUT2D eigenvalue weighted by molar-refractivity contribution is 7.99. The molecule has 2 rings (SSSR count). The van der Waals surface area contributed by atoms with Crippen LogP contribution in [0, 0.1) is 0 Å². The first-order chi connectivity index (χ1) is 7.33. The van der Waals surface area contributed by atoms with Crippen LogP contribution < -0.4 is 0 Å². The highest BCUT2D eigenvalue weighted by Crippen LogP contribution is 2.27. The van der Waals surface area contributed by atoms with E-state index in [9.17, 15) is 0 Å². The van der Waals surface area contributed by atoms with Crippen LogP contribution in [-0.2, 0) is 0 Å². The molecular weight excluding hydrogens is 226 g/mol. The van der Waals surface area contributed by atoms with Gasteiger partial charge in [-0.1, -0.05) is 0 Å². The van der Waals surface area contributed by atoms with E-state index in [1.807, 2.05) is 36.8 Å². The summed E-state index contributed by atoms with van der Waals surface area (Å²) in [4.78, 5) is 4.46. The van der Waals surface area contributed by atoms with Gasteiger partial charge < -0.3 is 4.42 Å². The predicted molar refractivity (Wildman–Crippen MR) is 65.5 cm³/mol. The fourth-order valence-electron chi connectivity index (χ4n) is 1.28. The monoisotopic (exact) mass is 237 g/mol. The molecule has 0 radical (unpaired) electrons. The Labute approximate surface area is 97.5 Å². The molecule has 0 aliphatic heterocycles. The van der Waals surface area contributed by atoms with Crippen molar-refractivity contribution >= 4 is 23.5 Å². The third-order valence-corrected chi connectivity index (χ3v) is 3.26. The Morgan fingerprint density at radius 1 is 1.13 bits per heavy atom. The van der Waals surface area contributed by atoms with Crippen molar-refractivity contribution in [3.05, 3.63) is 30.5 Å². The van der Waals surface area contributed by atoms with Crippen LogP contribution in [0.2, 0.25) is 0 Å². The summed E-state index contributed by atoms with van der Waals surface area (Å²) < 4.78 is 5.37. The summed E-state index contributed by atoms with van der Waals surface area (Å²) in [7, 11) is 0. The fourth-order valence-corrected chi connectivity index (χ4v) is 2.20. The first-order valence-corrected chi connectivity index (χ1v) is 6.92. The number of nitrogens with zero attached hydrogens (tertiary/aromatic N) is 1. The molecule has 4 heteroatoms. The number of thioether (sulfide) groups is 2. The third-order valence-electron chi connectivity index (χ3n) is 2.00. The molecule has 0 fully saturated rings. The lowest BCUT2D eigenvalue weighted by molar-refractivity contribution is 0.581. The lowest BCUT2D eigenvalue weighted by Gasteiger charge is -2.03. The van der Waals surface area contributed by atoms with Gasteiger partial charge in [-0.05, 0) is 36.8 Å². The van der Waals surface area contributed by atoms with E-state index in [2.05, 4.69) is 4.98 Å². The van der Waals surface area contributed by atoms with Crippen molar-refractivity contribution in [2.45, 2.75) is 10.1 Å². The fraction of sp³-hybridized carbons (Fsp3) is 0.182. The number of rotatable bonds is 3. The van der Waals surface area contributed by atoms with Crippen LogP contribution >= 0.6 is 23.5 Å². The Morgan fingerprint density at radius 3 is 2.27 bits per heavy atom. The van der Waals surface area contributed by atoms with Gasteiger partial charge in [0.1, 0.15) is 5.76 Å². The number of hydrogen-bond donors (Lipinski definition) is 0. The average Bonchev–Trinajstić information content (AvgIpc) is 2.81. The summed E-state index contributed by atoms with van der Waals surface area (Å²) in [6, 6.07) is 7.95. The van der Waals surface area contributed by atoms with E-state index in [0.717, 1.165) is 21.4 Å². The molecule has 0 unspecified atom stereocenters. The van der Waals surface area contributed by atoms with Gasteiger partial charge in [-0.15, -0.1) is 23.5 Å². The molecule has 0 saturated heterocycles. The second kappa shape index (κ2) is 4.77. The molecule has 0 atom stereocenters. The van der Waals surface area contributed by atoms with E-state index in [1.165, 1.54) is 0 Å². The van der Waals surface area contributed by atoms with E-state index in [4.69, 9.17) is 4.42 Å². The first-order valence-electron chi connectivity index (χ1n) is 4.47. The predicted octanol–water partition coefficient (Wildman–Crippen LogP) is 3.79. The Morgan fingerprint density at radius 2 is 1.80 bits per heavy atom. The first kappa shape index (κ1) is 10.6. The molecule has 0 aromatic carbocycles. The number of furan rings is 1. The van der Waals surface area contributed by atoms with Crippen molar-refractivity contribution in [3.8, 4) is 11.3 Å². The van der Waals surface area contributed by atoms with Gasteiger partial charge in [0.2, 0.25) is 0 Å². The second-order valence-electron chi connectivity index (χ2n) is 2.92. The van der Waals surface area contributed by atoms with Crippen molar-refractivity contribution in [3.63, 3.8) is 0 Å². The standard InChI is InChI=1S/C11H11NOS2/c1-14-10-6-8(7-11(12-10)15-2)9-4-3-5-13-9/h3-7H,1-2H3. The summed E-state index contributed by atoms with van der Waals surface area (Å²) in [5, 5.41) is 2.04. The molecule has 0 amide bonds. The van der Waals surface area contributed by atoms with Gasteiger partial charge in [-0.2, -0.15) is 0 Å². The highest BCUT2D eigenvalue weighted by atomic mass is 32.2. The Bertz CT molecular complexity index is 418. The van der Waals surface area contributed by atoms with Gasteiger partial charge in [0.15, 0.2) is 0 Å². The number of pyridine rings is 1. The Hall–Kier alpha value is -0.870. The van der Waals surface area contributed by atoms with Crippen LogP contribution in [0.15, 0.2) is 45.0 Å². The summed E-state index contributed by atoms with van der Waals surface area (Å²) in [6.45, 7) is 0. The normalized spacial score (nSPS) is 10.5. The lowest BCUT2D eigenvalue weighted by Crippen LogP contribution is -1.85. The molecule has 15 heavy (non-hydrogen) atoms. The molecule has 2 aromatic heterocycles. The SMILES string of the molecule is CSc1cc(-c2ccco2)cc(SC)n1. The van der Waals surface area contributed by atoms with E-state index in [0.29, 0.717) is 0 Å². The van der Waals surface area contributed by atoms with E-state index in [-0.39, 0.29) is 0 Å². The minimum Gasteiger partial charge on any atom is -0.464 e. The van der Waals surface area contributed by atoms with Crippen molar-refractivity contribution in [2.24, 2.45) is 0 Å². The molecule has 0 saturated carbocycles. The van der Waals surface area contributed by atoms with E-state index < -0.39 is 0 Å². The molecule has 0 aliphatic carbocycles. The van der Waals surface area contributed by atoms with Gasteiger partial charge in [-0.3, -0.25) is 0 Å². The molecule has 0 bridgehead atoms. The molecule has 2 aromatic rings. The van der Waals surface area contributed by atoms with Crippen molar-refractivity contribution in [1.29, 1.82) is 0 Å². The van der Waals surface area contributed by atoms with Gasteiger partial charge in [0.25, 0.3) is 0 Å². The molecule has 2 heterocycles. The van der Waals surface area contributed by atoms with Crippen LogP contribution in [0.3, 0.4) is 0 Å². The van der Waals surface area contributed by atoms with Crippen LogP contribution in [0.5, 0.6) is 0 Å². The van der Waals surface area contributed by atoms with Crippen molar-refractivity contribution in [1.82, 2.24) is 4.98 Å². The molecule has 0 aliphatic rings. The van der Waals surface area contributed by atoms with Gasteiger partial charge >= 0.3 is 0 Å². The van der Waals surface area contributed by atoms with Crippen LogP contribution in [0.25, 0.3) is 11.3 Å². The Balaban J connectivity index is 2.47. The number of aromatic nitrogens is 1. The minimum absolute atomic E-state index is 0.892. The van der Waals surface area contributed by atoms with Crippen molar-refractivity contribution < 1.29 is 4.42 Å². The summed E-state index contributed by atoms with van der Waals surface area (Å²) >= 11 is 3.29. The zero-order valence-electron chi connectivity index (χ0n) is 8.56. The largest absolute Gasteiger partial charge is 0.464 e. The number of hydrogen-bond acceptors (Lipinski definition) is 4. The highest BCUT2D eigenvalue weighted by Gasteiger charge is 2.05. The molecule has 78 valence electrons. The maximum atomic E-state index is 5.37. The van der Waals surface area contributed by atoms with Crippen LogP contribution in [-0.4, -0.2) is 17.5 Å². The van der Waals surface area contributed by atoms with E-state index >= 15 is 0 Å². The zero-order valence-corrected chi connectivity index (χ0v) is 10.2. The molecule has 0 spiro atoms. The average molecular weight is 237 g/mol.